The molecule has 27 heteroatoms. The highest BCUT2D eigenvalue weighted by Crippen LogP contribution is 1.96. The van der Waals surface area contributed by atoms with Gasteiger partial charge in [0.15, 0.2) is 5.82 Å². The van der Waals surface area contributed by atoms with E-state index in [9.17, 15) is 4.79 Å². The first-order chi connectivity index (χ1) is 27.1. The van der Waals surface area contributed by atoms with Crippen LogP contribution in [0.15, 0.2) is 23.6 Å². The van der Waals surface area contributed by atoms with Crippen molar-refractivity contribution in [3.63, 3.8) is 0 Å². The third-order valence-electron chi connectivity index (χ3n) is 5.84. The summed E-state index contributed by atoms with van der Waals surface area (Å²) in [5.74, 6) is 7.82. The van der Waals surface area contributed by atoms with Crippen molar-refractivity contribution in [2.75, 3.05) is 7.11 Å². The van der Waals surface area contributed by atoms with E-state index in [1.54, 1.807) is 26.4 Å². The van der Waals surface area contributed by atoms with Crippen LogP contribution in [0.2, 0.25) is 0 Å². The second-order valence-corrected chi connectivity index (χ2v) is 11.0. The van der Waals surface area contributed by atoms with Crippen LogP contribution in [0.5, 0.6) is 6.01 Å². The zero-order chi connectivity index (χ0) is 42.6. The molecular weight excluding hydrogens is 744 g/mol. The Morgan fingerprint density at radius 1 is 0.684 bits per heavy atom. The van der Waals surface area contributed by atoms with Crippen molar-refractivity contribution in [2.24, 2.45) is 7.05 Å². The zero-order valence-corrected chi connectivity index (χ0v) is 34.1. The number of rotatable bonds is 3. The second-order valence-electron chi connectivity index (χ2n) is 11.0. The number of aromatic nitrogens is 24. The topological polar surface area (TPSA) is 371 Å². The standard InChI is InChI=1S/C5H9N3.2C4H7N3O.2C4H7N3.C3H5N3O.2C3H5N3/c1-3-5-6-4(2)7-8-5;1-3-5-4(8-2)7-6-3;1-3-5-4(2-8)7-6-3;1-4-6-5-3-7(4)2;1-3-5-4(2)7-6-3;1-2-4-3(7)6-5-2;1-3-4-2-5-6-3;1-3-2-4-6-5-3/h3H2,1-2H3,(H,6,7,8);1-2H3,(H,5,6,7);8H,2H2,1H3,(H,5,6,7);3H,1-2H3;1-2H3,(H,5,6,7);1H3,(H2,4,5,6,7);2*2H,1H3,(H,4,5,6). The van der Waals surface area contributed by atoms with Crippen molar-refractivity contribution >= 4 is 0 Å². The number of ether oxygens (including phenoxy) is 1. The summed E-state index contributed by atoms with van der Waals surface area (Å²) < 4.78 is 6.54. The van der Waals surface area contributed by atoms with Crippen LogP contribution < -0.4 is 10.4 Å². The smallest absolute Gasteiger partial charge is 0.340 e. The Balaban J connectivity index is 0.000000326. The SMILES string of the molecule is CCc1n[nH]c(C)n1.COc1n[nH]c(C)n1.Cc1cn[nH]n1.Cc1n[nH]c(=O)[nH]1.Cc1n[nH]c(C)n1.Cc1nc(CO)n[nH]1.Cc1ncn[nH]1.Cc1nncn1C. The summed E-state index contributed by atoms with van der Waals surface area (Å²) >= 11 is 0. The molecule has 0 aromatic carbocycles. The molecule has 9 N–H and O–H groups in total. The molecule has 8 aromatic heterocycles. The first kappa shape index (κ1) is 47.7. The van der Waals surface area contributed by atoms with E-state index in [1.807, 2.05) is 67.0 Å². The lowest BCUT2D eigenvalue weighted by Crippen LogP contribution is -2.00. The van der Waals surface area contributed by atoms with Gasteiger partial charge in [-0.25, -0.2) is 29.8 Å². The van der Waals surface area contributed by atoms with Crippen LogP contribution in [-0.2, 0) is 20.1 Å². The number of aromatic amines is 8. The molecule has 0 spiro atoms. The summed E-state index contributed by atoms with van der Waals surface area (Å²) in [6.45, 7) is 18.5. The van der Waals surface area contributed by atoms with Crippen LogP contribution in [0.25, 0.3) is 0 Å². The average Bonchev–Trinajstić information content (AvgIpc) is 4.03. The molecule has 57 heavy (non-hydrogen) atoms. The van der Waals surface area contributed by atoms with E-state index >= 15 is 0 Å². The number of H-pyrrole nitrogens is 8. The van der Waals surface area contributed by atoms with Crippen LogP contribution >= 0.6 is 0 Å². The van der Waals surface area contributed by atoms with Gasteiger partial charge in [-0.1, -0.05) is 6.92 Å². The number of aryl methyl sites for hydroxylation is 11. The van der Waals surface area contributed by atoms with Gasteiger partial charge >= 0.3 is 11.7 Å². The monoisotopic (exact) mass is 796 g/mol. The van der Waals surface area contributed by atoms with Crippen LogP contribution in [0.3, 0.4) is 0 Å². The van der Waals surface area contributed by atoms with E-state index in [4.69, 9.17) is 5.11 Å². The molecule has 0 bridgehead atoms. The summed E-state index contributed by atoms with van der Waals surface area (Å²) in [5.41, 5.74) is 0.674. The Hall–Kier alpha value is -7.32. The molecule has 8 rings (SSSR count). The van der Waals surface area contributed by atoms with Gasteiger partial charge in [0, 0.05) is 13.5 Å². The molecule has 0 fully saturated rings. The molecule has 8 aromatic rings. The maximum atomic E-state index is 10.1. The number of aliphatic hydroxyl groups excluding tert-OH is 1. The molecule has 310 valence electrons. The molecule has 0 saturated heterocycles. The largest absolute Gasteiger partial charge is 0.466 e. The van der Waals surface area contributed by atoms with E-state index in [0.29, 0.717) is 17.7 Å². The van der Waals surface area contributed by atoms with Gasteiger partial charge in [-0.3, -0.25) is 30.5 Å². The summed E-state index contributed by atoms with van der Waals surface area (Å²) in [5, 5.41) is 63.1. The van der Waals surface area contributed by atoms with Gasteiger partial charge in [-0.2, -0.15) is 45.9 Å². The Morgan fingerprint density at radius 2 is 1.30 bits per heavy atom. The molecule has 27 nitrogen and oxygen atoms in total. The lowest BCUT2D eigenvalue weighted by Gasteiger charge is -1.84. The van der Waals surface area contributed by atoms with E-state index in [-0.39, 0.29) is 12.3 Å². The molecular formula is C30H52N24O3. The maximum absolute atomic E-state index is 10.1. The lowest BCUT2D eigenvalue weighted by molar-refractivity contribution is 0.272. The second kappa shape index (κ2) is 27.3. The Labute approximate surface area is 326 Å². The highest BCUT2D eigenvalue weighted by Gasteiger charge is 1.95. The van der Waals surface area contributed by atoms with Crippen molar-refractivity contribution in [3.8, 4) is 6.01 Å². The van der Waals surface area contributed by atoms with Gasteiger partial charge in [-0.15, -0.1) is 15.3 Å². The van der Waals surface area contributed by atoms with E-state index in [0.717, 1.165) is 58.7 Å². The summed E-state index contributed by atoms with van der Waals surface area (Å²) in [7, 11) is 3.44. The molecule has 8 heterocycles. The number of methoxy groups -OCH3 is 1. The number of nitrogens with zero attached hydrogens (tertiary/aromatic N) is 16. The van der Waals surface area contributed by atoms with Gasteiger partial charge in [0.25, 0.3) is 0 Å². The van der Waals surface area contributed by atoms with E-state index in [2.05, 4.69) is 121 Å². The number of nitrogens with one attached hydrogen (secondary N) is 8. The van der Waals surface area contributed by atoms with Crippen molar-refractivity contribution in [2.45, 2.75) is 82.3 Å². The molecule has 0 aliphatic rings. The Bertz CT molecular complexity index is 2000. The summed E-state index contributed by atoms with van der Waals surface area (Å²) in [6.07, 6.45) is 5.73. The molecule has 0 unspecified atom stereocenters. The first-order valence-corrected chi connectivity index (χ1v) is 16.9. The maximum Gasteiger partial charge on any atom is 0.340 e. The van der Waals surface area contributed by atoms with Gasteiger partial charge in [-0.05, 0) is 62.3 Å². The first-order valence-electron chi connectivity index (χ1n) is 16.9. The highest BCUT2D eigenvalue weighted by atomic mass is 16.5. The van der Waals surface area contributed by atoms with Gasteiger partial charge < -0.3 is 14.4 Å². The molecule has 0 aliphatic heterocycles. The fourth-order valence-electron chi connectivity index (χ4n) is 3.10. The van der Waals surface area contributed by atoms with Crippen molar-refractivity contribution < 1.29 is 9.84 Å². The van der Waals surface area contributed by atoms with Crippen LogP contribution in [-0.4, -0.2) is 133 Å². The van der Waals surface area contributed by atoms with E-state index < -0.39 is 0 Å². The molecule has 0 radical (unpaired) electrons. The zero-order valence-electron chi connectivity index (χ0n) is 34.1. The minimum Gasteiger partial charge on any atom is -0.466 e. The van der Waals surface area contributed by atoms with Gasteiger partial charge in [0.05, 0.1) is 19.0 Å². The fraction of sp³-hybridized carbons (Fsp3) is 0.467. The van der Waals surface area contributed by atoms with E-state index in [1.165, 1.54) is 13.4 Å². The molecule has 0 aliphatic carbocycles. The van der Waals surface area contributed by atoms with Crippen molar-refractivity contribution in [1.82, 2.24) is 121 Å². The summed E-state index contributed by atoms with van der Waals surface area (Å²) in [4.78, 5) is 31.9. The quantitative estimate of drug-likeness (QED) is 0.118. The minimum absolute atomic E-state index is 0.0929. The third-order valence-corrected chi connectivity index (χ3v) is 5.84. The van der Waals surface area contributed by atoms with Crippen LogP contribution in [0, 0.1) is 62.3 Å². The van der Waals surface area contributed by atoms with Crippen molar-refractivity contribution in [1.29, 1.82) is 0 Å². The summed E-state index contributed by atoms with van der Waals surface area (Å²) in [6, 6.07) is 0.391. The number of hydrogen-bond acceptors (Lipinski definition) is 18. The predicted molar refractivity (Wildman–Crippen MR) is 203 cm³/mol. The number of aliphatic hydroxyl groups is 1. The normalized spacial score (nSPS) is 9.35. The average molecular weight is 797 g/mol. The lowest BCUT2D eigenvalue weighted by atomic mass is 10.5. The highest BCUT2D eigenvalue weighted by molar-refractivity contribution is 4.91. The Kier molecular flexibility index (Phi) is 22.8. The predicted octanol–water partition coefficient (Wildman–Crippen LogP) is 0.580. The molecule has 0 atom stereocenters. The van der Waals surface area contributed by atoms with Gasteiger partial charge in [0.1, 0.15) is 71.7 Å². The van der Waals surface area contributed by atoms with Crippen LogP contribution in [0.4, 0.5) is 0 Å². The van der Waals surface area contributed by atoms with Crippen LogP contribution in [0.1, 0.15) is 70.9 Å². The van der Waals surface area contributed by atoms with Crippen molar-refractivity contribution in [3.05, 3.63) is 93.3 Å². The minimum atomic E-state index is -0.252. The third kappa shape index (κ3) is 23.2. The fourth-order valence-corrected chi connectivity index (χ4v) is 3.10. The number of hydrogen-bond donors (Lipinski definition) is 9. The molecule has 0 amide bonds. The Morgan fingerprint density at radius 3 is 1.47 bits per heavy atom. The van der Waals surface area contributed by atoms with Gasteiger partial charge in [0.2, 0.25) is 0 Å². The molecule has 0 saturated carbocycles.